The van der Waals surface area contributed by atoms with Crippen LogP contribution in [-0.2, 0) is 33.3 Å². The molecular formula is C61H116N6O15. The molecule has 82 heavy (non-hydrogen) atoms. The van der Waals surface area contributed by atoms with Crippen molar-refractivity contribution in [1.29, 1.82) is 0 Å². The van der Waals surface area contributed by atoms with Crippen molar-refractivity contribution in [2.45, 2.75) is 322 Å². The Bertz CT molecular complexity index is 1720. The fourth-order valence-corrected chi connectivity index (χ4v) is 10.00. The van der Waals surface area contributed by atoms with E-state index in [2.05, 4.69) is 31.9 Å². The molecule has 0 aromatic rings. The molecule has 0 aliphatic carbocycles. The molecule has 1 fully saturated rings. The molecule has 0 bridgehead atoms. The summed E-state index contributed by atoms with van der Waals surface area (Å²) >= 11 is 0. The largest absolute Gasteiger partial charge is 0.444 e. The molecule has 7 atom stereocenters. The van der Waals surface area contributed by atoms with Crippen LogP contribution in [0.3, 0.4) is 0 Å². The molecule has 0 spiro atoms. The Morgan fingerprint density at radius 3 is 1.22 bits per heavy atom. The number of unbranched alkanes of at least 4 members (excludes halogenated alkanes) is 17. The number of amides is 6. The van der Waals surface area contributed by atoms with Gasteiger partial charge in [-0.1, -0.05) is 129 Å². The predicted molar refractivity (Wildman–Crippen MR) is 318 cm³/mol. The molecule has 10 N–H and O–H groups in total. The second kappa shape index (κ2) is 41.0. The highest BCUT2D eigenvalue weighted by molar-refractivity contribution is 5.81. The van der Waals surface area contributed by atoms with E-state index in [1.54, 1.807) is 69.2 Å². The summed E-state index contributed by atoms with van der Waals surface area (Å²) in [6, 6.07) is -0.543. The quantitative estimate of drug-likeness (QED) is 0.0201. The maximum absolute atomic E-state index is 13.3. The van der Waals surface area contributed by atoms with E-state index in [0.717, 1.165) is 83.5 Å². The van der Waals surface area contributed by atoms with Gasteiger partial charge in [-0.3, -0.25) is 9.59 Å². The topological polar surface area (TPSA) is 302 Å². The van der Waals surface area contributed by atoms with Crippen molar-refractivity contribution < 1.29 is 72.9 Å². The first kappa shape index (κ1) is 75.8. The van der Waals surface area contributed by atoms with Crippen molar-refractivity contribution in [2.24, 2.45) is 5.92 Å². The van der Waals surface area contributed by atoms with Gasteiger partial charge in [0.2, 0.25) is 5.91 Å². The molecule has 0 radical (unpaired) electrons. The Balaban J connectivity index is 2.42. The van der Waals surface area contributed by atoms with Crippen LogP contribution >= 0.6 is 0 Å². The smallest absolute Gasteiger partial charge is 0.407 e. The number of nitrogens with one attached hydrogen (secondary N) is 6. The molecule has 0 aromatic carbocycles. The van der Waals surface area contributed by atoms with Crippen molar-refractivity contribution >= 4 is 36.2 Å². The summed E-state index contributed by atoms with van der Waals surface area (Å²) < 4.78 is 27.7. The summed E-state index contributed by atoms with van der Waals surface area (Å²) in [7, 11) is 0. The highest BCUT2D eigenvalue weighted by Gasteiger charge is 2.46. The van der Waals surface area contributed by atoms with Gasteiger partial charge in [0.1, 0.15) is 40.7 Å². The SMILES string of the molecule is CCCC(CC(C)(C)OC(=O)NCC(CCCCCCNC(=O)CCCCCCCCCCCCCCCCCNC(=O)C1OC(O)C(O)C(O)C1O)CNC(=O)OC(C)(C)CC(CCC)NC(=O)OC(C)(C)C)NC(=O)OC(C)(C)C. The maximum atomic E-state index is 13.3. The maximum Gasteiger partial charge on any atom is 0.407 e. The molecule has 7 unspecified atom stereocenters. The van der Waals surface area contributed by atoms with Gasteiger partial charge < -0.3 is 76.0 Å². The summed E-state index contributed by atoms with van der Waals surface area (Å²) in [6.07, 6.45) is 14.9. The molecule has 1 saturated heterocycles. The number of hydrogen-bond acceptors (Lipinski definition) is 15. The Kier molecular flexibility index (Phi) is 37.9. The molecule has 1 aliphatic heterocycles. The van der Waals surface area contributed by atoms with Crippen LogP contribution in [0.4, 0.5) is 19.2 Å². The number of aliphatic hydroxyl groups is 4. The molecule has 21 nitrogen and oxygen atoms in total. The molecule has 21 heteroatoms. The van der Waals surface area contributed by atoms with E-state index in [1.807, 2.05) is 13.8 Å². The molecule has 6 amide bonds. The third-order valence-corrected chi connectivity index (χ3v) is 14.1. The summed E-state index contributed by atoms with van der Waals surface area (Å²) in [5, 5.41) is 56.4. The van der Waals surface area contributed by atoms with E-state index in [0.29, 0.717) is 51.6 Å². The highest BCUT2D eigenvalue weighted by Crippen LogP contribution is 2.24. The second-order valence-corrected chi connectivity index (χ2v) is 25.9. The average Bonchev–Trinajstić information content (AvgIpc) is 3.52. The third-order valence-electron chi connectivity index (χ3n) is 14.1. The minimum absolute atomic E-state index is 0.0883. The molecular weight excluding hydrogens is 1060 g/mol. The van der Waals surface area contributed by atoms with Gasteiger partial charge in [-0.2, -0.15) is 0 Å². The van der Waals surface area contributed by atoms with E-state index in [4.69, 9.17) is 23.7 Å². The van der Waals surface area contributed by atoms with Gasteiger partial charge in [-0.25, -0.2) is 19.2 Å². The van der Waals surface area contributed by atoms with Gasteiger partial charge in [0.25, 0.3) is 5.91 Å². The highest BCUT2D eigenvalue weighted by atomic mass is 16.6. The summed E-state index contributed by atoms with van der Waals surface area (Å²) in [6.45, 7) is 23.6. The van der Waals surface area contributed by atoms with Crippen LogP contribution in [0.5, 0.6) is 0 Å². The fraction of sp³-hybridized carbons (Fsp3) is 0.902. The van der Waals surface area contributed by atoms with Gasteiger partial charge in [0.15, 0.2) is 12.4 Å². The van der Waals surface area contributed by atoms with E-state index in [-0.39, 0.29) is 37.0 Å². The number of carbonyl (C=O) groups excluding carboxylic acids is 6. The number of ether oxygens (including phenoxy) is 5. The van der Waals surface area contributed by atoms with Crippen LogP contribution < -0.4 is 31.9 Å². The summed E-state index contributed by atoms with van der Waals surface area (Å²) in [5.41, 5.74) is -3.13. The lowest BCUT2D eigenvalue weighted by atomic mass is 9.96. The lowest BCUT2D eigenvalue weighted by molar-refractivity contribution is -0.275. The molecule has 1 aliphatic rings. The zero-order chi connectivity index (χ0) is 61.8. The van der Waals surface area contributed by atoms with E-state index in [1.165, 1.54) is 51.4 Å². The number of hydrogen-bond donors (Lipinski definition) is 10. The van der Waals surface area contributed by atoms with Gasteiger partial charge in [0.05, 0.1) is 0 Å². The lowest BCUT2D eigenvalue weighted by Crippen LogP contribution is -2.61. The van der Waals surface area contributed by atoms with E-state index < -0.39 is 83.4 Å². The van der Waals surface area contributed by atoms with Crippen molar-refractivity contribution in [3.63, 3.8) is 0 Å². The van der Waals surface area contributed by atoms with Gasteiger partial charge in [-0.15, -0.1) is 0 Å². The molecule has 1 rings (SSSR count). The normalized spacial score (nSPS) is 18.8. The van der Waals surface area contributed by atoms with Crippen LogP contribution in [0.25, 0.3) is 0 Å². The first-order chi connectivity index (χ1) is 38.5. The van der Waals surface area contributed by atoms with Crippen molar-refractivity contribution in [2.75, 3.05) is 26.2 Å². The van der Waals surface area contributed by atoms with Crippen molar-refractivity contribution in [1.82, 2.24) is 31.9 Å². The standard InChI is InChI=1S/C61H116N6O15/c1-13-34-45(66-56(76)79-58(3,4)5)40-60(9,10)81-54(74)64-42-44(43-65-55(75)82-61(11,12)41-46(35-14-2)67-57(77)80-59(6,7)8)36-30-27-29-32-38-62-47(68)37-31-26-24-22-20-18-16-15-17-19-21-23-25-28-33-39-63-52(72)51-49(70)48(69)50(71)53(73)78-51/h44-46,48-51,53,69-71,73H,13-43H2,1-12H3,(H,62,68)(H,63,72)(H,64,74)(H,65,75)(H,66,76)(H,67,77). The zero-order valence-corrected chi connectivity index (χ0v) is 52.8. The molecule has 480 valence electrons. The Morgan fingerprint density at radius 1 is 0.439 bits per heavy atom. The minimum atomic E-state index is -1.74. The Morgan fingerprint density at radius 2 is 0.817 bits per heavy atom. The minimum Gasteiger partial charge on any atom is -0.444 e. The predicted octanol–water partition coefficient (Wildman–Crippen LogP) is 10.0. The number of carbonyl (C=O) groups is 6. The molecule has 0 saturated carbocycles. The zero-order valence-electron chi connectivity index (χ0n) is 52.8. The number of aliphatic hydroxyl groups excluding tert-OH is 4. The van der Waals surface area contributed by atoms with E-state index >= 15 is 0 Å². The monoisotopic (exact) mass is 1170 g/mol. The second-order valence-electron chi connectivity index (χ2n) is 25.9. The third kappa shape index (κ3) is 38.6. The van der Waals surface area contributed by atoms with Crippen LogP contribution in [0, 0.1) is 5.92 Å². The average molecular weight is 1170 g/mol. The number of rotatable bonds is 42. The molecule has 0 aromatic heterocycles. The first-order valence-corrected chi connectivity index (χ1v) is 31.3. The van der Waals surface area contributed by atoms with Gasteiger partial charge in [0, 0.05) is 57.5 Å². The van der Waals surface area contributed by atoms with Crippen LogP contribution in [-0.4, -0.2) is 148 Å². The summed E-state index contributed by atoms with van der Waals surface area (Å²) in [5.74, 6) is -0.679. The molecule has 1 heterocycles. The van der Waals surface area contributed by atoms with E-state index in [9.17, 15) is 49.2 Å². The number of alkyl carbamates (subject to hydrolysis) is 4. The first-order valence-electron chi connectivity index (χ1n) is 31.3. The summed E-state index contributed by atoms with van der Waals surface area (Å²) in [4.78, 5) is 76.5. The van der Waals surface area contributed by atoms with Gasteiger partial charge in [-0.05, 0) is 114 Å². The van der Waals surface area contributed by atoms with Crippen molar-refractivity contribution in [3.05, 3.63) is 0 Å². The fourth-order valence-electron chi connectivity index (χ4n) is 10.00. The van der Waals surface area contributed by atoms with Crippen LogP contribution in [0.1, 0.15) is 256 Å². The lowest BCUT2D eigenvalue weighted by Gasteiger charge is -2.37. The van der Waals surface area contributed by atoms with Gasteiger partial charge >= 0.3 is 24.4 Å². The van der Waals surface area contributed by atoms with Crippen LogP contribution in [0.2, 0.25) is 0 Å². The van der Waals surface area contributed by atoms with Crippen molar-refractivity contribution in [3.8, 4) is 0 Å². The van der Waals surface area contributed by atoms with Crippen LogP contribution in [0.15, 0.2) is 0 Å². The Hall–Kier alpha value is -4.18. The Labute approximate surface area is 493 Å².